The third-order valence-corrected chi connectivity index (χ3v) is 6.17. The fraction of sp³-hybridized carbons (Fsp3) is 0.619. The Morgan fingerprint density at radius 1 is 0.880 bits per heavy atom. The molecule has 2 aliphatic carbocycles. The highest BCUT2D eigenvalue weighted by Crippen LogP contribution is 2.28. The Kier molecular flexibility index (Phi) is 4.78. The van der Waals surface area contributed by atoms with Gasteiger partial charge < -0.3 is 9.80 Å². The first-order valence-corrected chi connectivity index (χ1v) is 9.88. The molecule has 0 spiro atoms. The summed E-state index contributed by atoms with van der Waals surface area (Å²) in [6, 6.07) is 6.58. The molecule has 4 nitrogen and oxygen atoms in total. The fourth-order valence-electron chi connectivity index (χ4n) is 4.27. The third-order valence-electron chi connectivity index (χ3n) is 6.17. The zero-order chi connectivity index (χ0) is 17.2. The number of amides is 2. The second-order valence-corrected chi connectivity index (χ2v) is 7.82. The van der Waals surface area contributed by atoms with Crippen LogP contribution < -0.4 is 0 Å². The molecule has 3 aliphatic rings. The van der Waals surface area contributed by atoms with Crippen molar-refractivity contribution >= 4 is 11.8 Å². The van der Waals surface area contributed by atoms with Crippen molar-refractivity contribution in [2.75, 3.05) is 26.2 Å². The molecule has 2 amide bonds. The number of hydrogen-bond donors (Lipinski definition) is 0. The normalized spacial score (nSPS) is 20.8. The lowest BCUT2D eigenvalue weighted by atomic mass is 9.84. The summed E-state index contributed by atoms with van der Waals surface area (Å²) in [4.78, 5) is 28.8. The van der Waals surface area contributed by atoms with Crippen LogP contribution in [0, 0.1) is 5.92 Å². The summed E-state index contributed by atoms with van der Waals surface area (Å²) < 4.78 is 0. The Morgan fingerprint density at radius 2 is 1.56 bits per heavy atom. The van der Waals surface area contributed by atoms with Crippen LogP contribution in [0.2, 0.25) is 0 Å². The van der Waals surface area contributed by atoms with E-state index in [4.69, 9.17) is 0 Å². The van der Waals surface area contributed by atoms with Crippen LogP contribution in [0.15, 0.2) is 18.2 Å². The molecule has 134 valence electrons. The van der Waals surface area contributed by atoms with Crippen LogP contribution in [-0.2, 0) is 28.9 Å². The van der Waals surface area contributed by atoms with Crippen molar-refractivity contribution in [2.45, 2.75) is 51.4 Å². The summed E-state index contributed by atoms with van der Waals surface area (Å²) in [5, 5.41) is 0. The minimum Gasteiger partial charge on any atom is -0.339 e. The van der Waals surface area contributed by atoms with Crippen molar-refractivity contribution in [3.8, 4) is 0 Å². The smallest absolute Gasteiger partial charge is 0.227 e. The molecule has 25 heavy (non-hydrogen) atoms. The SMILES string of the molecule is O=C(Cc1ccc2c(c1)CCCC2)N1CCN(C(=O)C2CCC2)CC1. The monoisotopic (exact) mass is 340 g/mol. The lowest BCUT2D eigenvalue weighted by Crippen LogP contribution is -2.52. The number of fused-ring (bicyclic) bond motifs is 1. The molecule has 1 saturated heterocycles. The lowest BCUT2D eigenvalue weighted by Gasteiger charge is -2.38. The van der Waals surface area contributed by atoms with Crippen LogP contribution in [0.25, 0.3) is 0 Å². The summed E-state index contributed by atoms with van der Waals surface area (Å²) in [7, 11) is 0. The zero-order valence-electron chi connectivity index (χ0n) is 15.0. The number of rotatable bonds is 3. The maximum absolute atomic E-state index is 12.6. The van der Waals surface area contributed by atoms with Crippen molar-refractivity contribution in [1.82, 2.24) is 9.80 Å². The van der Waals surface area contributed by atoms with Crippen LogP contribution in [0.3, 0.4) is 0 Å². The highest BCUT2D eigenvalue weighted by molar-refractivity contribution is 5.81. The van der Waals surface area contributed by atoms with Gasteiger partial charge in [-0.05, 0) is 55.2 Å². The number of benzene rings is 1. The minimum absolute atomic E-state index is 0.200. The molecule has 4 rings (SSSR count). The molecule has 1 aliphatic heterocycles. The van der Waals surface area contributed by atoms with Gasteiger partial charge >= 0.3 is 0 Å². The molecule has 4 heteroatoms. The van der Waals surface area contributed by atoms with Gasteiger partial charge in [-0.3, -0.25) is 9.59 Å². The Morgan fingerprint density at radius 3 is 2.24 bits per heavy atom. The summed E-state index contributed by atoms with van der Waals surface area (Å²) in [5.74, 6) is 0.775. The summed E-state index contributed by atoms with van der Waals surface area (Å²) >= 11 is 0. The van der Waals surface area contributed by atoms with E-state index in [0.717, 1.165) is 24.8 Å². The van der Waals surface area contributed by atoms with Crippen molar-refractivity contribution in [3.63, 3.8) is 0 Å². The molecule has 0 radical (unpaired) electrons. The van der Waals surface area contributed by atoms with Gasteiger partial charge in [-0.2, -0.15) is 0 Å². The Balaban J connectivity index is 1.31. The van der Waals surface area contributed by atoms with E-state index in [9.17, 15) is 9.59 Å². The van der Waals surface area contributed by atoms with Gasteiger partial charge in [-0.25, -0.2) is 0 Å². The van der Waals surface area contributed by atoms with Crippen LogP contribution in [0.1, 0.15) is 48.8 Å². The maximum atomic E-state index is 12.6. The number of aryl methyl sites for hydroxylation is 2. The number of carbonyl (C=O) groups is 2. The van der Waals surface area contributed by atoms with Crippen molar-refractivity contribution in [2.24, 2.45) is 5.92 Å². The van der Waals surface area contributed by atoms with E-state index >= 15 is 0 Å². The van der Waals surface area contributed by atoms with Crippen molar-refractivity contribution in [1.29, 1.82) is 0 Å². The third kappa shape index (κ3) is 3.58. The molecule has 0 atom stereocenters. The van der Waals surface area contributed by atoms with Crippen molar-refractivity contribution < 1.29 is 9.59 Å². The largest absolute Gasteiger partial charge is 0.339 e. The zero-order valence-corrected chi connectivity index (χ0v) is 15.0. The van der Waals surface area contributed by atoms with Gasteiger partial charge in [0.25, 0.3) is 0 Å². The lowest BCUT2D eigenvalue weighted by molar-refractivity contribution is -0.143. The first-order chi connectivity index (χ1) is 12.2. The van der Waals surface area contributed by atoms with Gasteiger partial charge in [-0.15, -0.1) is 0 Å². The first-order valence-electron chi connectivity index (χ1n) is 9.88. The van der Waals surface area contributed by atoms with Crippen molar-refractivity contribution in [3.05, 3.63) is 34.9 Å². The molecule has 0 N–H and O–H groups in total. The Hall–Kier alpha value is -1.84. The fourth-order valence-corrected chi connectivity index (χ4v) is 4.27. The molecule has 1 aromatic rings. The van der Waals surface area contributed by atoms with Gasteiger partial charge in [0.05, 0.1) is 6.42 Å². The van der Waals surface area contributed by atoms with Crippen LogP contribution in [0.5, 0.6) is 0 Å². The molecule has 0 aromatic heterocycles. The number of nitrogens with zero attached hydrogens (tertiary/aromatic N) is 2. The van der Waals surface area contributed by atoms with Gasteiger partial charge in [0.15, 0.2) is 0 Å². The van der Waals surface area contributed by atoms with E-state index in [1.54, 1.807) is 0 Å². The quantitative estimate of drug-likeness (QED) is 0.848. The van der Waals surface area contributed by atoms with Gasteiger partial charge in [0, 0.05) is 32.1 Å². The van der Waals surface area contributed by atoms with Crippen LogP contribution in [0.4, 0.5) is 0 Å². The molecule has 1 saturated carbocycles. The number of piperazine rings is 1. The average molecular weight is 340 g/mol. The summed E-state index contributed by atoms with van der Waals surface area (Å²) in [5.41, 5.74) is 4.04. The number of hydrogen-bond acceptors (Lipinski definition) is 2. The topological polar surface area (TPSA) is 40.6 Å². The second kappa shape index (κ2) is 7.19. The van der Waals surface area contributed by atoms with E-state index in [1.807, 2.05) is 9.80 Å². The van der Waals surface area contributed by atoms with Gasteiger partial charge in [-0.1, -0.05) is 24.6 Å². The molecule has 1 heterocycles. The average Bonchev–Trinajstić information content (AvgIpc) is 2.60. The summed E-state index contributed by atoms with van der Waals surface area (Å²) in [6.45, 7) is 2.76. The maximum Gasteiger partial charge on any atom is 0.227 e. The van der Waals surface area contributed by atoms with E-state index in [1.165, 1.54) is 36.8 Å². The van der Waals surface area contributed by atoms with Crippen LogP contribution >= 0.6 is 0 Å². The predicted molar refractivity (Wildman–Crippen MR) is 97.3 cm³/mol. The molecule has 0 unspecified atom stereocenters. The van der Waals surface area contributed by atoms with Gasteiger partial charge in [0.2, 0.25) is 11.8 Å². The predicted octanol–water partition coefficient (Wildman–Crippen LogP) is 2.58. The second-order valence-electron chi connectivity index (χ2n) is 7.82. The van der Waals surface area contributed by atoms with Crippen LogP contribution in [-0.4, -0.2) is 47.8 Å². The highest BCUT2D eigenvalue weighted by Gasteiger charge is 2.32. The Bertz CT molecular complexity index is 658. The van der Waals surface area contributed by atoms with E-state index in [0.29, 0.717) is 38.5 Å². The first kappa shape index (κ1) is 16.6. The molecule has 1 aromatic carbocycles. The Labute approximate surface area is 150 Å². The standard InChI is InChI=1S/C21H28N2O2/c24-20(15-16-8-9-17-4-1-2-5-19(17)14-16)22-10-12-23(13-11-22)21(25)18-6-3-7-18/h8-9,14,18H,1-7,10-13,15H2. The van der Waals surface area contributed by atoms with E-state index in [2.05, 4.69) is 18.2 Å². The molecule has 2 fully saturated rings. The molecular formula is C21H28N2O2. The molecular weight excluding hydrogens is 312 g/mol. The minimum atomic E-state index is 0.200. The summed E-state index contributed by atoms with van der Waals surface area (Å²) in [6.07, 6.45) is 8.67. The van der Waals surface area contributed by atoms with Gasteiger partial charge in [0.1, 0.15) is 0 Å². The van der Waals surface area contributed by atoms with E-state index < -0.39 is 0 Å². The highest BCUT2D eigenvalue weighted by atomic mass is 16.2. The van der Waals surface area contributed by atoms with E-state index in [-0.39, 0.29) is 11.8 Å². The number of carbonyl (C=O) groups excluding carboxylic acids is 2. The molecule has 0 bridgehead atoms.